The zero-order valence-corrected chi connectivity index (χ0v) is 14.7. The summed E-state index contributed by atoms with van der Waals surface area (Å²) in [6.45, 7) is 3.37. The molecule has 1 saturated carbocycles. The van der Waals surface area contributed by atoms with Gasteiger partial charge in [0.25, 0.3) is 0 Å². The largest absolute Gasteiger partial charge is 0.353 e. The minimum atomic E-state index is 0.664. The summed E-state index contributed by atoms with van der Waals surface area (Å²) in [4.78, 5) is 7.35. The smallest absolute Gasteiger partial charge is 0.128 e. The molecule has 0 radical (unpaired) electrons. The Kier molecular flexibility index (Phi) is 4.55. The highest BCUT2D eigenvalue weighted by molar-refractivity contribution is 5.44. The number of rotatable bonds is 3. The Balaban J connectivity index is 1.63. The van der Waals surface area contributed by atoms with Crippen molar-refractivity contribution in [1.29, 1.82) is 0 Å². The van der Waals surface area contributed by atoms with E-state index in [-0.39, 0.29) is 0 Å². The van der Waals surface area contributed by atoms with Gasteiger partial charge in [-0.1, -0.05) is 50.1 Å². The van der Waals surface area contributed by atoms with Crippen LogP contribution in [0.25, 0.3) is 0 Å². The van der Waals surface area contributed by atoms with Gasteiger partial charge in [-0.2, -0.15) is 0 Å². The van der Waals surface area contributed by atoms with E-state index in [1.54, 1.807) is 5.56 Å². The van der Waals surface area contributed by atoms with E-state index in [4.69, 9.17) is 4.98 Å². The van der Waals surface area contributed by atoms with Gasteiger partial charge in [0.2, 0.25) is 0 Å². The van der Waals surface area contributed by atoms with Gasteiger partial charge < -0.3 is 4.90 Å². The predicted octanol–water partition coefficient (Wildman–Crippen LogP) is 5.20. The van der Waals surface area contributed by atoms with E-state index < -0.39 is 0 Å². The molecule has 0 spiro atoms. The molecule has 1 aliphatic heterocycles. The molecule has 1 aromatic heterocycles. The van der Waals surface area contributed by atoms with Gasteiger partial charge in [-0.05, 0) is 60.8 Å². The van der Waals surface area contributed by atoms with Crippen molar-refractivity contribution < 1.29 is 0 Å². The van der Waals surface area contributed by atoms with Crippen LogP contribution < -0.4 is 4.90 Å². The van der Waals surface area contributed by atoms with E-state index in [2.05, 4.69) is 54.3 Å². The maximum absolute atomic E-state index is 4.73. The average Bonchev–Trinajstić information content (AvgIpc) is 2.68. The number of nitrogens with zero attached hydrogens (tertiary/aromatic N) is 2. The molecule has 3 atom stereocenters. The highest BCUT2D eigenvalue weighted by Gasteiger charge is 2.40. The normalized spacial score (nSPS) is 26.9. The first kappa shape index (κ1) is 15.7. The molecule has 1 saturated heterocycles. The molecule has 2 aromatic rings. The van der Waals surface area contributed by atoms with Gasteiger partial charge in [-0.3, -0.25) is 0 Å². The van der Waals surface area contributed by atoms with Crippen molar-refractivity contribution in [3.8, 4) is 0 Å². The van der Waals surface area contributed by atoms with Crippen LogP contribution in [0, 0.1) is 5.92 Å². The second-order valence-electron chi connectivity index (χ2n) is 7.39. The molecule has 1 aliphatic carbocycles. The molecule has 0 bridgehead atoms. The molecule has 0 amide bonds. The minimum absolute atomic E-state index is 0.664. The van der Waals surface area contributed by atoms with E-state index >= 15 is 0 Å². The van der Waals surface area contributed by atoms with Crippen molar-refractivity contribution in [2.75, 3.05) is 11.4 Å². The minimum Gasteiger partial charge on any atom is -0.353 e. The fourth-order valence-corrected chi connectivity index (χ4v) is 4.89. The lowest BCUT2D eigenvalue weighted by atomic mass is 9.69. The Morgan fingerprint density at radius 2 is 1.88 bits per heavy atom. The summed E-state index contributed by atoms with van der Waals surface area (Å²) in [6.07, 6.45) is 9.79. The molecule has 2 fully saturated rings. The summed E-state index contributed by atoms with van der Waals surface area (Å²) in [5.41, 5.74) is 2.95. The first-order valence-electron chi connectivity index (χ1n) is 9.63. The molecule has 0 unspecified atom stereocenters. The Bertz CT molecular complexity index is 667. The van der Waals surface area contributed by atoms with Crippen molar-refractivity contribution in [2.45, 2.75) is 57.4 Å². The van der Waals surface area contributed by atoms with Crippen molar-refractivity contribution in [3.63, 3.8) is 0 Å². The predicted molar refractivity (Wildman–Crippen MR) is 101 cm³/mol. The van der Waals surface area contributed by atoms with Crippen LogP contribution in [0.1, 0.15) is 56.1 Å². The number of aryl methyl sites for hydroxylation is 1. The molecule has 0 N–H and O–H groups in total. The van der Waals surface area contributed by atoms with Gasteiger partial charge >= 0.3 is 0 Å². The molecular formula is C22H28N2. The summed E-state index contributed by atoms with van der Waals surface area (Å²) in [6, 6.07) is 16.3. The Morgan fingerprint density at radius 3 is 2.71 bits per heavy atom. The van der Waals surface area contributed by atoms with Crippen molar-refractivity contribution >= 4 is 5.82 Å². The zero-order chi connectivity index (χ0) is 16.4. The summed E-state index contributed by atoms with van der Waals surface area (Å²) in [5, 5.41) is 0. The standard InChI is InChI=1S/C22H28N2/c1-2-17-12-14-23-22(16-17)24-15-13-19(18-8-4-3-5-9-18)20-10-6-7-11-21(20)24/h3-5,8-9,12,14,16,19-21H,2,6-7,10-11,13,15H2,1H3/t19-,20-,21-/m1/s1. The van der Waals surface area contributed by atoms with Crippen LogP contribution in [0.5, 0.6) is 0 Å². The SMILES string of the molecule is CCc1ccnc(N2CC[C@H](c3ccccc3)[C@H]3CCCC[C@H]32)c1. The van der Waals surface area contributed by atoms with Gasteiger partial charge in [-0.15, -0.1) is 0 Å². The molecule has 126 valence electrons. The van der Waals surface area contributed by atoms with Gasteiger partial charge in [0.15, 0.2) is 0 Å². The van der Waals surface area contributed by atoms with Gasteiger partial charge in [0.05, 0.1) is 0 Å². The summed E-state index contributed by atoms with van der Waals surface area (Å²) < 4.78 is 0. The first-order chi connectivity index (χ1) is 11.9. The Morgan fingerprint density at radius 1 is 1.04 bits per heavy atom. The highest BCUT2D eigenvalue weighted by Crippen LogP contribution is 2.45. The second-order valence-corrected chi connectivity index (χ2v) is 7.39. The van der Waals surface area contributed by atoms with Crippen molar-refractivity contribution in [1.82, 2.24) is 4.98 Å². The number of piperidine rings is 1. The fourth-order valence-electron chi connectivity index (χ4n) is 4.89. The second kappa shape index (κ2) is 6.96. The number of benzene rings is 1. The lowest BCUT2D eigenvalue weighted by Gasteiger charge is -2.49. The molecule has 4 rings (SSSR count). The topological polar surface area (TPSA) is 16.1 Å². The van der Waals surface area contributed by atoms with E-state index in [1.807, 2.05) is 6.20 Å². The number of anilines is 1. The number of pyridine rings is 1. The quantitative estimate of drug-likeness (QED) is 0.773. The van der Waals surface area contributed by atoms with Crippen LogP contribution >= 0.6 is 0 Å². The molecule has 1 aromatic carbocycles. The van der Waals surface area contributed by atoms with Crippen LogP contribution in [-0.2, 0) is 6.42 Å². The number of hydrogen-bond acceptors (Lipinski definition) is 2. The van der Waals surface area contributed by atoms with Crippen LogP contribution in [0.4, 0.5) is 5.82 Å². The number of aromatic nitrogens is 1. The maximum Gasteiger partial charge on any atom is 0.128 e. The van der Waals surface area contributed by atoms with Gasteiger partial charge in [0.1, 0.15) is 5.82 Å². The van der Waals surface area contributed by atoms with E-state index in [0.29, 0.717) is 6.04 Å². The van der Waals surface area contributed by atoms with Crippen LogP contribution in [0.3, 0.4) is 0 Å². The summed E-state index contributed by atoms with van der Waals surface area (Å²) in [5.74, 6) is 2.71. The van der Waals surface area contributed by atoms with Crippen LogP contribution in [0.2, 0.25) is 0 Å². The fraction of sp³-hybridized carbons (Fsp3) is 0.500. The lowest BCUT2D eigenvalue weighted by Crippen LogP contribution is -2.50. The third-order valence-corrected chi connectivity index (χ3v) is 6.12. The summed E-state index contributed by atoms with van der Waals surface area (Å²) >= 11 is 0. The van der Waals surface area contributed by atoms with Gasteiger partial charge in [-0.25, -0.2) is 4.98 Å². The lowest BCUT2D eigenvalue weighted by molar-refractivity contribution is 0.211. The Hall–Kier alpha value is -1.83. The van der Waals surface area contributed by atoms with E-state index in [0.717, 1.165) is 24.8 Å². The highest BCUT2D eigenvalue weighted by atomic mass is 15.2. The summed E-state index contributed by atoms with van der Waals surface area (Å²) in [7, 11) is 0. The molecule has 2 aliphatic rings. The number of hydrogen-bond donors (Lipinski definition) is 0. The average molecular weight is 320 g/mol. The van der Waals surface area contributed by atoms with E-state index in [9.17, 15) is 0 Å². The third-order valence-electron chi connectivity index (χ3n) is 6.12. The molecule has 2 nitrogen and oxygen atoms in total. The first-order valence-corrected chi connectivity index (χ1v) is 9.63. The third kappa shape index (κ3) is 2.94. The molecular weight excluding hydrogens is 292 g/mol. The van der Waals surface area contributed by atoms with Crippen molar-refractivity contribution in [2.24, 2.45) is 5.92 Å². The molecule has 2 heteroatoms. The molecule has 24 heavy (non-hydrogen) atoms. The molecule has 2 heterocycles. The maximum atomic E-state index is 4.73. The van der Waals surface area contributed by atoms with Crippen LogP contribution in [-0.4, -0.2) is 17.6 Å². The Labute approximate surface area is 145 Å². The van der Waals surface area contributed by atoms with Crippen molar-refractivity contribution in [3.05, 3.63) is 59.8 Å². The van der Waals surface area contributed by atoms with Gasteiger partial charge in [0, 0.05) is 18.8 Å². The number of fused-ring (bicyclic) bond motifs is 1. The zero-order valence-electron chi connectivity index (χ0n) is 14.7. The van der Waals surface area contributed by atoms with E-state index in [1.165, 1.54) is 43.5 Å². The van der Waals surface area contributed by atoms with Crippen LogP contribution in [0.15, 0.2) is 48.7 Å². The monoisotopic (exact) mass is 320 g/mol.